The van der Waals surface area contributed by atoms with Gasteiger partial charge in [0.25, 0.3) is 0 Å². The Morgan fingerprint density at radius 1 is 1.33 bits per heavy atom. The lowest BCUT2D eigenvalue weighted by Crippen LogP contribution is -2.09. The van der Waals surface area contributed by atoms with E-state index in [9.17, 15) is 4.79 Å². The molecule has 0 radical (unpaired) electrons. The molecule has 0 saturated carbocycles. The van der Waals surface area contributed by atoms with Crippen LogP contribution in [0.1, 0.15) is 27.0 Å². The van der Waals surface area contributed by atoms with Crippen molar-refractivity contribution in [3.8, 4) is 0 Å². The molecule has 0 saturated heterocycles. The van der Waals surface area contributed by atoms with Crippen LogP contribution in [0.4, 0.5) is 11.4 Å². The molecule has 2 aromatic rings. The minimum absolute atomic E-state index is 0.381. The maximum Gasteiger partial charge on any atom is 0.340 e. The average Bonchev–Trinajstić information content (AvgIpc) is 2.48. The molecule has 1 aromatic heterocycles. The van der Waals surface area contributed by atoms with Crippen molar-refractivity contribution in [3.05, 3.63) is 52.8 Å². The van der Waals surface area contributed by atoms with Crippen LogP contribution in [0.25, 0.3) is 0 Å². The molecule has 110 valence electrons. The third kappa shape index (κ3) is 3.31. The number of pyridine rings is 1. The zero-order chi connectivity index (χ0) is 15.4. The lowest BCUT2D eigenvalue weighted by Gasteiger charge is -2.13. The van der Waals surface area contributed by atoms with Crippen molar-refractivity contribution in [1.29, 1.82) is 0 Å². The van der Waals surface area contributed by atoms with Crippen LogP contribution in [0.15, 0.2) is 30.6 Å². The predicted octanol–water partition coefficient (Wildman–Crippen LogP) is 2.68. The second-order valence-corrected chi connectivity index (χ2v) is 4.90. The van der Waals surface area contributed by atoms with Crippen LogP contribution in [0.3, 0.4) is 0 Å². The molecule has 0 unspecified atom stereocenters. The lowest BCUT2D eigenvalue weighted by atomic mass is 10.1. The summed E-state index contributed by atoms with van der Waals surface area (Å²) in [5.41, 5.74) is 10.7. The third-order valence-electron chi connectivity index (χ3n) is 3.41. The van der Waals surface area contributed by atoms with E-state index in [-0.39, 0.29) is 0 Å². The van der Waals surface area contributed by atoms with Gasteiger partial charge in [-0.3, -0.25) is 4.98 Å². The van der Waals surface area contributed by atoms with E-state index in [1.807, 2.05) is 32.2 Å². The summed E-state index contributed by atoms with van der Waals surface area (Å²) in [4.78, 5) is 15.8. The number of carbonyl (C=O) groups excluding carboxylic acids is 1. The first kappa shape index (κ1) is 14.8. The Kier molecular flexibility index (Phi) is 4.42. The molecule has 0 aliphatic rings. The van der Waals surface area contributed by atoms with Crippen molar-refractivity contribution in [3.63, 3.8) is 0 Å². The van der Waals surface area contributed by atoms with Crippen molar-refractivity contribution >= 4 is 17.3 Å². The fourth-order valence-electron chi connectivity index (χ4n) is 2.08. The summed E-state index contributed by atoms with van der Waals surface area (Å²) in [6.07, 6.45) is 3.59. The number of anilines is 2. The van der Waals surface area contributed by atoms with Crippen LogP contribution in [-0.4, -0.2) is 18.1 Å². The van der Waals surface area contributed by atoms with Crippen LogP contribution in [0.2, 0.25) is 0 Å². The molecule has 0 aliphatic carbocycles. The average molecular weight is 285 g/mol. The highest BCUT2D eigenvalue weighted by Crippen LogP contribution is 2.24. The number of nitrogens with zero attached hydrogens (tertiary/aromatic N) is 1. The molecular weight excluding hydrogens is 266 g/mol. The van der Waals surface area contributed by atoms with Gasteiger partial charge in [0.1, 0.15) is 0 Å². The summed E-state index contributed by atoms with van der Waals surface area (Å²) in [6, 6.07) is 5.59. The summed E-state index contributed by atoms with van der Waals surface area (Å²) < 4.78 is 4.75. The number of rotatable bonds is 4. The van der Waals surface area contributed by atoms with Gasteiger partial charge in [-0.1, -0.05) is 0 Å². The Morgan fingerprint density at radius 2 is 2.10 bits per heavy atom. The van der Waals surface area contributed by atoms with E-state index in [4.69, 9.17) is 10.5 Å². The van der Waals surface area contributed by atoms with Crippen LogP contribution < -0.4 is 11.1 Å². The standard InChI is InChI=1S/C16H19N3O2/c1-10-6-13(7-14(15(10)17)16(20)21-3)19-9-12-4-5-18-8-11(12)2/h4-8,19H,9,17H2,1-3H3. The molecule has 0 fully saturated rings. The zero-order valence-electron chi connectivity index (χ0n) is 12.4. The van der Waals surface area contributed by atoms with Gasteiger partial charge in [0.15, 0.2) is 0 Å². The maximum atomic E-state index is 11.7. The van der Waals surface area contributed by atoms with E-state index < -0.39 is 5.97 Å². The van der Waals surface area contributed by atoms with E-state index in [1.165, 1.54) is 7.11 Å². The van der Waals surface area contributed by atoms with Crippen LogP contribution >= 0.6 is 0 Å². The number of aromatic nitrogens is 1. The van der Waals surface area contributed by atoms with Crippen LogP contribution in [-0.2, 0) is 11.3 Å². The molecular formula is C16H19N3O2. The van der Waals surface area contributed by atoms with Gasteiger partial charge < -0.3 is 15.8 Å². The fraction of sp³-hybridized carbons (Fsp3) is 0.250. The first-order valence-electron chi connectivity index (χ1n) is 6.64. The Morgan fingerprint density at radius 3 is 2.76 bits per heavy atom. The molecule has 1 heterocycles. The minimum Gasteiger partial charge on any atom is -0.465 e. The van der Waals surface area contributed by atoms with E-state index >= 15 is 0 Å². The molecule has 0 aliphatic heterocycles. The third-order valence-corrected chi connectivity index (χ3v) is 3.41. The summed E-state index contributed by atoms with van der Waals surface area (Å²) in [5.74, 6) is -0.431. The van der Waals surface area contributed by atoms with Crippen molar-refractivity contribution in [2.24, 2.45) is 0 Å². The highest BCUT2D eigenvalue weighted by molar-refractivity contribution is 5.97. The molecule has 5 heteroatoms. The van der Waals surface area contributed by atoms with Gasteiger partial charge >= 0.3 is 5.97 Å². The van der Waals surface area contributed by atoms with Crippen LogP contribution in [0.5, 0.6) is 0 Å². The molecule has 0 spiro atoms. The predicted molar refractivity (Wildman–Crippen MR) is 83.2 cm³/mol. The second-order valence-electron chi connectivity index (χ2n) is 4.90. The van der Waals surface area contributed by atoms with E-state index in [2.05, 4.69) is 10.3 Å². The molecule has 1 aromatic carbocycles. The highest BCUT2D eigenvalue weighted by Gasteiger charge is 2.13. The van der Waals surface area contributed by atoms with E-state index in [0.717, 1.165) is 22.4 Å². The number of nitrogens with two attached hydrogens (primary N) is 1. The molecule has 21 heavy (non-hydrogen) atoms. The Labute approximate surface area is 124 Å². The summed E-state index contributed by atoms with van der Waals surface area (Å²) in [7, 11) is 1.34. The first-order chi connectivity index (χ1) is 10.0. The number of carbonyl (C=O) groups is 1. The number of ether oxygens (including phenoxy) is 1. The Balaban J connectivity index is 2.23. The van der Waals surface area contributed by atoms with Gasteiger partial charge in [-0.05, 0) is 48.7 Å². The molecule has 3 N–H and O–H groups in total. The second kappa shape index (κ2) is 6.26. The molecule has 0 bridgehead atoms. The number of nitrogen functional groups attached to an aromatic ring is 1. The summed E-state index contributed by atoms with van der Waals surface area (Å²) in [6.45, 7) is 4.53. The first-order valence-corrected chi connectivity index (χ1v) is 6.64. The molecule has 0 amide bonds. The van der Waals surface area contributed by atoms with E-state index in [0.29, 0.717) is 17.8 Å². The Hall–Kier alpha value is -2.56. The number of aryl methyl sites for hydroxylation is 2. The maximum absolute atomic E-state index is 11.7. The number of methoxy groups -OCH3 is 1. The van der Waals surface area contributed by atoms with Crippen molar-refractivity contribution < 1.29 is 9.53 Å². The number of esters is 1. The van der Waals surface area contributed by atoms with Gasteiger partial charge in [-0.25, -0.2) is 4.79 Å². The quantitative estimate of drug-likeness (QED) is 0.667. The van der Waals surface area contributed by atoms with Gasteiger partial charge in [0, 0.05) is 30.3 Å². The monoisotopic (exact) mass is 285 g/mol. The number of hydrogen-bond acceptors (Lipinski definition) is 5. The van der Waals surface area contributed by atoms with Crippen molar-refractivity contribution in [1.82, 2.24) is 4.98 Å². The highest BCUT2D eigenvalue weighted by atomic mass is 16.5. The Bertz CT molecular complexity index is 669. The molecule has 0 atom stereocenters. The number of hydrogen-bond donors (Lipinski definition) is 2. The van der Waals surface area contributed by atoms with Gasteiger partial charge in [0.2, 0.25) is 0 Å². The topological polar surface area (TPSA) is 77.2 Å². The van der Waals surface area contributed by atoms with Crippen molar-refractivity contribution in [2.45, 2.75) is 20.4 Å². The number of nitrogens with one attached hydrogen (secondary N) is 1. The van der Waals surface area contributed by atoms with Crippen LogP contribution in [0, 0.1) is 13.8 Å². The summed E-state index contributed by atoms with van der Waals surface area (Å²) in [5, 5.41) is 3.30. The minimum atomic E-state index is -0.431. The largest absolute Gasteiger partial charge is 0.465 e. The zero-order valence-corrected chi connectivity index (χ0v) is 12.4. The lowest BCUT2D eigenvalue weighted by molar-refractivity contribution is 0.0602. The number of benzene rings is 1. The molecule has 2 rings (SSSR count). The van der Waals surface area contributed by atoms with Gasteiger partial charge in [-0.15, -0.1) is 0 Å². The summed E-state index contributed by atoms with van der Waals surface area (Å²) >= 11 is 0. The van der Waals surface area contributed by atoms with Crippen molar-refractivity contribution in [2.75, 3.05) is 18.2 Å². The SMILES string of the molecule is COC(=O)c1cc(NCc2ccncc2C)cc(C)c1N. The fourth-order valence-corrected chi connectivity index (χ4v) is 2.08. The van der Waals surface area contributed by atoms with E-state index in [1.54, 1.807) is 12.3 Å². The molecule has 5 nitrogen and oxygen atoms in total. The normalized spacial score (nSPS) is 10.2. The van der Waals surface area contributed by atoms with Gasteiger partial charge in [0.05, 0.1) is 12.7 Å². The smallest absolute Gasteiger partial charge is 0.340 e. The van der Waals surface area contributed by atoms with Gasteiger partial charge in [-0.2, -0.15) is 0 Å².